The summed E-state index contributed by atoms with van der Waals surface area (Å²) in [6.07, 6.45) is 2.17. The number of hydrogen-bond donors (Lipinski definition) is 0. The fourth-order valence-electron chi connectivity index (χ4n) is 3.18. The minimum atomic E-state index is -3.10. The number of likely N-dealkylation sites (N-methyl/N-ethyl adjacent to an activating group) is 1. The van der Waals surface area contributed by atoms with Crippen LogP contribution in [-0.4, -0.2) is 65.0 Å². The van der Waals surface area contributed by atoms with Crippen LogP contribution in [0.3, 0.4) is 0 Å². The maximum atomic E-state index is 12.8. The van der Waals surface area contributed by atoms with Crippen molar-refractivity contribution in [3.63, 3.8) is 0 Å². The third kappa shape index (κ3) is 4.25. The van der Waals surface area contributed by atoms with Gasteiger partial charge in [0.1, 0.15) is 10.4 Å². The van der Waals surface area contributed by atoms with Gasteiger partial charge in [0.05, 0.1) is 16.4 Å². The fraction of sp³-hybridized carbons (Fsp3) is 0.389. The highest BCUT2D eigenvalue weighted by Crippen LogP contribution is 2.34. The Morgan fingerprint density at radius 3 is 2.63 bits per heavy atom. The van der Waals surface area contributed by atoms with Crippen LogP contribution in [0.1, 0.15) is 18.9 Å². The number of benzene rings is 1. The van der Waals surface area contributed by atoms with Crippen molar-refractivity contribution in [3.05, 3.63) is 40.8 Å². The number of carbonyl (C=O) groups excluding carboxylic acids is 2. The third-order valence-corrected chi connectivity index (χ3v) is 7.85. The number of nitrogens with zero attached hydrogens (tertiary/aromatic N) is 2. The van der Waals surface area contributed by atoms with Gasteiger partial charge in [-0.15, -0.1) is 0 Å². The van der Waals surface area contributed by atoms with Crippen LogP contribution in [0, 0.1) is 0 Å². The summed E-state index contributed by atoms with van der Waals surface area (Å²) in [7, 11) is -1.51. The predicted octanol–water partition coefficient (Wildman–Crippen LogP) is 1.92. The minimum absolute atomic E-state index is 0.0335. The van der Waals surface area contributed by atoms with Gasteiger partial charge in [0.15, 0.2) is 9.84 Å². The molecule has 2 fully saturated rings. The summed E-state index contributed by atoms with van der Waals surface area (Å²) < 4.78 is 23.7. The van der Waals surface area contributed by atoms with Gasteiger partial charge in [-0.3, -0.25) is 14.5 Å². The molecule has 0 saturated carbocycles. The Morgan fingerprint density at radius 2 is 2.04 bits per heavy atom. The smallest absolute Gasteiger partial charge is 0.266 e. The maximum Gasteiger partial charge on any atom is 0.266 e. The van der Waals surface area contributed by atoms with Gasteiger partial charge >= 0.3 is 0 Å². The van der Waals surface area contributed by atoms with E-state index in [1.165, 1.54) is 21.6 Å². The van der Waals surface area contributed by atoms with E-state index < -0.39 is 15.9 Å². The number of rotatable bonds is 4. The van der Waals surface area contributed by atoms with E-state index in [4.69, 9.17) is 12.2 Å². The molecule has 144 valence electrons. The van der Waals surface area contributed by atoms with Crippen molar-refractivity contribution < 1.29 is 18.0 Å². The first-order valence-corrected chi connectivity index (χ1v) is 11.5. The van der Waals surface area contributed by atoms with Gasteiger partial charge in [-0.25, -0.2) is 8.42 Å². The second-order valence-electron chi connectivity index (χ2n) is 6.64. The zero-order valence-corrected chi connectivity index (χ0v) is 17.4. The van der Waals surface area contributed by atoms with E-state index in [1.807, 2.05) is 30.3 Å². The third-order valence-electron chi connectivity index (χ3n) is 4.77. The van der Waals surface area contributed by atoms with E-state index in [0.717, 1.165) is 5.56 Å². The SMILES string of the molecule is C[C@@H](C(=O)N(C)[C@@H]1CCS(=O)(=O)C1)N1C(=O)/C(=C\c2ccccc2)SC1=S. The molecule has 27 heavy (non-hydrogen) atoms. The average molecular weight is 425 g/mol. The van der Waals surface area contributed by atoms with Gasteiger partial charge in [0.25, 0.3) is 5.91 Å². The first kappa shape index (κ1) is 20.0. The number of sulfone groups is 1. The molecular formula is C18H20N2O4S3. The molecule has 0 N–H and O–H groups in total. The van der Waals surface area contributed by atoms with Crippen molar-refractivity contribution in [1.82, 2.24) is 9.80 Å². The average Bonchev–Trinajstić information content (AvgIpc) is 3.13. The molecule has 2 saturated heterocycles. The Labute approximate surface area is 168 Å². The molecule has 2 aliphatic heterocycles. The molecule has 0 unspecified atom stereocenters. The normalized spacial score (nSPS) is 24.4. The summed E-state index contributed by atoms with van der Waals surface area (Å²) in [5, 5.41) is 0. The molecule has 6 nitrogen and oxygen atoms in total. The van der Waals surface area contributed by atoms with E-state index in [2.05, 4.69) is 0 Å². The van der Waals surface area contributed by atoms with Crippen LogP contribution in [0.4, 0.5) is 0 Å². The maximum absolute atomic E-state index is 12.8. The lowest BCUT2D eigenvalue weighted by Crippen LogP contribution is -2.50. The van der Waals surface area contributed by atoms with Gasteiger partial charge in [-0.2, -0.15) is 0 Å². The van der Waals surface area contributed by atoms with Crippen molar-refractivity contribution in [2.45, 2.75) is 25.4 Å². The zero-order chi connectivity index (χ0) is 19.8. The molecule has 3 rings (SSSR count). The molecule has 9 heteroatoms. The number of hydrogen-bond acceptors (Lipinski definition) is 6. The molecule has 0 spiro atoms. The molecule has 2 atom stereocenters. The lowest BCUT2D eigenvalue weighted by Gasteiger charge is -2.30. The van der Waals surface area contributed by atoms with E-state index in [1.54, 1.807) is 20.0 Å². The van der Waals surface area contributed by atoms with Crippen LogP contribution in [0.2, 0.25) is 0 Å². The molecule has 1 aromatic rings. The molecule has 1 aromatic carbocycles. The van der Waals surface area contributed by atoms with Crippen molar-refractivity contribution in [1.29, 1.82) is 0 Å². The van der Waals surface area contributed by atoms with Crippen LogP contribution < -0.4 is 0 Å². The van der Waals surface area contributed by atoms with Crippen molar-refractivity contribution in [3.8, 4) is 0 Å². The van der Waals surface area contributed by atoms with Crippen molar-refractivity contribution >= 4 is 56.0 Å². The second-order valence-corrected chi connectivity index (χ2v) is 10.5. The van der Waals surface area contributed by atoms with Crippen LogP contribution in [0.5, 0.6) is 0 Å². The summed E-state index contributed by atoms with van der Waals surface area (Å²) >= 11 is 6.49. The molecule has 2 amide bonds. The van der Waals surface area contributed by atoms with Gasteiger partial charge in [-0.05, 0) is 25.0 Å². The number of thioether (sulfide) groups is 1. The Kier molecular flexibility index (Phi) is 5.73. The molecule has 2 heterocycles. The van der Waals surface area contributed by atoms with Crippen molar-refractivity contribution in [2.75, 3.05) is 18.6 Å². The number of amides is 2. The van der Waals surface area contributed by atoms with Crippen LogP contribution in [0.25, 0.3) is 6.08 Å². The van der Waals surface area contributed by atoms with Crippen LogP contribution >= 0.6 is 24.0 Å². The molecule has 0 aliphatic carbocycles. The predicted molar refractivity (Wildman–Crippen MR) is 111 cm³/mol. The van der Waals surface area contributed by atoms with E-state index in [-0.39, 0.29) is 29.4 Å². The Hall–Kier alpha value is -1.71. The number of thiocarbonyl (C=S) groups is 1. The van der Waals surface area contributed by atoms with Crippen LogP contribution in [-0.2, 0) is 19.4 Å². The van der Waals surface area contributed by atoms with Gasteiger partial charge in [0.2, 0.25) is 5.91 Å². The van der Waals surface area contributed by atoms with Gasteiger partial charge in [-0.1, -0.05) is 54.3 Å². The first-order valence-electron chi connectivity index (χ1n) is 8.49. The summed E-state index contributed by atoms with van der Waals surface area (Å²) in [6.45, 7) is 1.62. The van der Waals surface area contributed by atoms with Gasteiger partial charge in [0, 0.05) is 13.1 Å². The largest absolute Gasteiger partial charge is 0.340 e. The van der Waals surface area contributed by atoms with Crippen molar-refractivity contribution in [2.24, 2.45) is 0 Å². The summed E-state index contributed by atoms with van der Waals surface area (Å²) in [5.74, 6) is -0.560. The van der Waals surface area contributed by atoms with Crippen LogP contribution in [0.15, 0.2) is 35.2 Å². The topological polar surface area (TPSA) is 74.8 Å². The summed E-state index contributed by atoms with van der Waals surface area (Å²) in [4.78, 5) is 28.9. The number of carbonyl (C=O) groups is 2. The minimum Gasteiger partial charge on any atom is -0.340 e. The molecular weight excluding hydrogens is 404 g/mol. The Morgan fingerprint density at radius 1 is 1.37 bits per heavy atom. The van der Waals surface area contributed by atoms with E-state index in [9.17, 15) is 18.0 Å². The lowest BCUT2D eigenvalue weighted by molar-refractivity contribution is -0.139. The molecule has 2 aliphatic rings. The Balaban J connectivity index is 1.75. The monoisotopic (exact) mass is 424 g/mol. The van der Waals surface area contributed by atoms with E-state index >= 15 is 0 Å². The highest BCUT2D eigenvalue weighted by Gasteiger charge is 2.41. The highest BCUT2D eigenvalue weighted by atomic mass is 32.2. The van der Waals surface area contributed by atoms with E-state index in [0.29, 0.717) is 15.6 Å². The highest BCUT2D eigenvalue weighted by molar-refractivity contribution is 8.26. The Bertz CT molecular complexity index is 912. The fourth-order valence-corrected chi connectivity index (χ4v) is 6.37. The first-order chi connectivity index (χ1) is 12.7. The second kappa shape index (κ2) is 7.73. The summed E-state index contributed by atoms with van der Waals surface area (Å²) in [5.41, 5.74) is 0.880. The van der Waals surface area contributed by atoms with Gasteiger partial charge < -0.3 is 4.90 Å². The quantitative estimate of drug-likeness (QED) is 0.543. The summed E-state index contributed by atoms with van der Waals surface area (Å²) in [6, 6.07) is 8.27. The molecule has 0 bridgehead atoms. The lowest BCUT2D eigenvalue weighted by atomic mass is 10.1. The standard InChI is InChI=1S/C18H20N2O4S3/c1-12(16(21)19(2)14-8-9-27(23,24)11-14)20-17(22)15(26-18(20)25)10-13-6-4-3-5-7-13/h3-7,10,12,14H,8-9,11H2,1-2H3/b15-10+/t12-,14+/m0/s1. The molecule has 0 radical (unpaired) electrons. The zero-order valence-electron chi connectivity index (χ0n) is 15.0. The molecule has 0 aromatic heterocycles.